The van der Waals surface area contributed by atoms with Gasteiger partial charge in [-0.3, -0.25) is 0 Å². The second-order valence-electron chi connectivity index (χ2n) is 2.08. The van der Waals surface area contributed by atoms with Gasteiger partial charge in [0.25, 0.3) is 0 Å². The highest BCUT2D eigenvalue weighted by Crippen LogP contribution is 2.14. The average Bonchev–Trinajstić information content (AvgIpc) is 1.98. The zero-order valence-corrected chi connectivity index (χ0v) is 4.94. The fourth-order valence-electron chi connectivity index (χ4n) is 0.719. The van der Waals surface area contributed by atoms with E-state index in [0.717, 1.165) is 0 Å². The molecule has 1 saturated heterocycles. The third kappa shape index (κ3) is 0.906. The molecule has 1 rings (SSSR count). The summed E-state index contributed by atoms with van der Waals surface area (Å²) in [7, 11) is 0. The predicted molar refractivity (Wildman–Crippen MR) is 27.6 cm³/mol. The molecule has 4 nitrogen and oxygen atoms in total. The van der Waals surface area contributed by atoms with Crippen LogP contribution in [0.4, 0.5) is 0 Å². The van der Waals surface area contributed by atoms with Gasteiger partial charge in [0.2, 0.25) is 0 Å². The lowest BCUT2D eigenvalue weighted by molar-refractivity contribution is -0.146. The highest BCUT2D eigenvalue weighted by atomic mass is 16.6. The molecule has 1 fully saturated rings. The molecule has 2 N–H and O–H groups in total. The van der Waals surface area contributed by atoms with E-state index in [-0.39, 0.29) is 0 Å². The van der Waals surface area contributed by atoms with Crippen molar-refractivity contribution in [2.75, 3.05) is 0 Å². The van der Waals surface area contributed by atoms with Gasteiger partial charge in [-0.2, -0.15) is 0 Å². The summed E-state index contributed by atoms with van der Waals surface area (Å²) < 4.78 is 4.45. The Bertz CT molecular complexity index is 133. The molecule has 1 aliphatic rings. The number of carbonyl (C=O) groups is 1. The van der Waals surface area contributed by atoms with Crippen LogP contribution in [0.25, 0.3) is 0 Å². The quantitative estimate of drug-likeness (QED) is 0.400. The summed E-state index contributed by atoms with van der Waals surface area (Å²) in [6.07, 6.45) is -2.98. The Morgan fingerprint density at radius 2 is 2.11 bits per heavy atom. The maximum absolute atomic E-state index is 10.4. The summed E-state index contributed by atoms with van der Waals surface area (Å²) in [4.78, 5) is 10.4. The molecule has 0 bridgehead atoms. The number of aliphatic hydroxyl groups is 2. The number of carbonyl (C=O) groups excluding carboxylic acids is 1. The maximum Gasteiger partial charge on any atom is 0.338 e. The van der Waals surface area contributed by atoms with Gasteiger partial charge in [-0.05, 0) is 6.92 Å². The Kier molecular flexibility index (Phi) is 1.42. The largest absolute Gasteiger partial charge is 0.458 e. The molecular formula is C5H8O4. The Morgan fingerprint density at radius 3 is 2.22 bits per heavy atom. The van der Waals surface area contributed by atoms with Crippen LogP contribution in [-0.4, -0.2) is 34.5 Å². The summed E-state index contributed by atoms with van der Waals surface area (Å²) in [5.41, 5.74) is 0. The lowest BCUT2D eigenvalue weighted by atomic mass is 10.2. The van der Waals surface area contributed by atoms with Crippen molar-refractivity contribution >= 4 is 5.97 Å². The van der Waals surface area contributed by atoms with Crippen LogP contribution in [-0.2, 0) is 9.53 Å². The number of aliphatic hydroxyl groups excluding tert-OH is 2. The Morgan fingerprint density at radius 1 is 1.56 bits per heavy atom. The van der Waals surface area contributed by atoms with E-state index in [9.17, 15) is 4.79 Å². The average molecular weight is 132 g/mol. The van der Waals surface area contributed by atoms with E-state index in [2.05, 4.69) is 4.74 Å². The van der Waals surface area contributed by atoms with Crippen molar-refractivity contribution in [3.8, 4) is 0 Å². The molecular weight excluding hydrogens is 124 g/mol. The molecule has 0 aromatic carbocycles. The summed E-state index contributed by atoms with van der Waals surface area (Å²) in [6.45, 7) is 1.53. The molecule has 0 aromatic rings. The highest BCUT2D eigenvalue weighted by molar-refractivity contribution is 5.77. The highest BCUT2D eigenvalue weighted by Gasteiger charge is 2.39. The second kappa shape index (κ2) is 1.97. The van der Waals surface area contributed by atoms with E-state index in [1.165, 1.54) is 6.92 Å². The van der Waals surface area contributed by atoms with Gasteiger partial charge in [-0.1, -0.05) is 0 Å². The fraction of sp³-hybridized carbons (Fsp3) is 0.800. The molecule has 1 aliphatic heterocycles. The lowest BCUT2D eigenvalue weighted by Crippen LogP contribution is -2.29. The third-order valence-electron chi connectivity index (χ3n) is 1.35. The van der Waals surface area contributed by atoms with Gasteiger partial charge >= 0.3 is 5.97 Å². The van der Waals surface area contributed by atoms with Gasteiger partial charge in [0.1, 0.15) is 12.2 Å². The molecule has 4 heteroatoms. The van der Waals surface area contributed by atoms with Crippen LogP contribution < -0.4 is 0 Å². The number of ether oxygens (including phenoxy) is 1. The molecule has 0 spiro atoms. The van der Waals surface area contributed by atoms with Gasteiger partial charge < -0.3 is 14.9 Å². The van der Waals surface area contributed by atoms with Crippen LogP contribution in [0.2, 0.25) is 0 Å². The second-order valence-corrected chi connectivity index (χ2v) is 2.08. The maximum atomic E-state index is 10.4. The Hall–Kier alpha value is -0.610. The standard InChI is InChI=1S/C5H8O4/c1-2-3(6)4(7)5(8)9-2/h2-4,6-7H,1H3/t2-,3+,4?/m1/s1. The van der Waals surface area contributed by atoms with Crippen LogP contribution in [0, 0.1) is 0 Å². The van der Waals surface area contributed by atoms with E-state index in [1.807, 2.05) is 0 Å². The minimum Gasteiger partial charge on any atom is -0.458 e. The van der Waals surface area contributed by atoms with Crippen molar-refractivity contribution in [3.63, 3.8) is 0 Å². The Balaban J connectivity index is 2.65. The first-order chi connectivity index (χ1) is 4.13. The van der Waals surface area contributed by atoms with Crippen LogP contribution in [0.15, 0.2) is 0 Å². The van der Waals surface area contributed by atoms with Gasteiger partial charge in [-0.15, -0.1) is 0 Å². The monoisotopic (exact) mass is 132 g/mol. The third-order valence-corrected chi connectivity index (χ3v) is 1.35. The van der Waals surface area contributed by atoms with Crippen molar-refractivity contribution in [3.05, 3.63) is 0 Å². The fourth-order valence-corrected chi connectivity index (χ4v) is 0.719. The molecule has 0 aromatic heterocycles. The topological polar surface area (TPSA) is 66.8 Å². The zero-order chi connectivity index (χ0) is 7.02. The van der Waals surface area contributed by atoms with E-state index < -0.39 is 24.3 Å². The summed E-state index contributed by atoms with van der Waals surface area (Å²) in [5.74, 6) is -0.741. The number of rotatable bonds is 0. The van der Waals surface area contributed by atoms with Crippen molar-refractivity contribution in [2.24, 2.45) is 0 Å². The summed E-state index contributed by atoms with van der Waals surface area (Å²) in [6, 6.07) is 0. The lowest BCUT2D eigenvalue weighted by Gasteiger charge is -2.04. The first-order valence-electron chi connectivity index (χ1n) is 2.69. The number of hydrogen-bond donors (Lipinski definition) is 2. The van der Waals surface area contributed by atoms with Crippen LogP contribution in [0.5, 0.6) is 0 Å². The van der Waals surface area contributed by atoms with Crippen LogP contribution in [0.1, 0.15) is 6.92 Å². The molecule has 0 aliphatic carbocycles. The minimum atomic E-state index is -1.35. The van der Waals surface area contributed by atoms with Gasteiger partial charge in [-0.25, -0.2) is 4.79 Å². The van der Waals surface area contributed by atoms with E-state index >= 15 is 0 Å². The van der Waals surface area contributed by atoms with Gasteiger partial charge in [0.15, 0.2) is 6.10 Å². The number of hydrogen-bond acceptors (Lipinski definition) is 4. The van der Waals surface area contributed by atoms with Crippen LogP contribution >= 0.6 is 0 Å². The van der Waals surface area contributed by atoms with Crippen molar-refractivity contribution in [1.82, 2.24) is 0 Å². The molecule has 3 atom stereocenters. The van der Waals surface area contributed by atoms with Crippen LogP contribution in [0.3, 0.4) is 0 Å². The number of cyclic esters (lactones) is 1. The van der Waals surface area contributed by atoms with E-state index in [1.54, 1.807) is 0 Å². The normalized spacial score (nSPS) is 43.0. The van der Waals surface area contributed by atoms with E-state index in [4.69, 9.17) is 10.2 Å². The molecule has 0 saturated carbocycles. The predicted octanol–water partition coefficient (Wildman–Crippen LogP) is -1.35. The first-order valence-corrected chi connectivity index (χ1v) is 2.69. The van der Waals surface area contributed by atoms with Crippen molar-refractivity contribution in [2.45, 2.75) is 25.2 Å². The van der Waals surface area contributed by atoms with Crippen molar-refractivity contribution in [1.29, 1.82) is 0 Å². The minimum absolute atomic E-state index is 0.576. The Labute approximate surface area is 52.1 Å². The molecule has 52 valence electrons. The zero-order valence-electron chi connectivity index (χ0n) is 4.94. The smallest absolute Gasteiger partial charge is 0.338 e. The molecule has 0 amide bonds. The van der Waals surface area contributed by atoms with Gasteiger partial charge in [0.05, 0.1) is 0 Å². The number of esters is 1. The van der Waals surface area contributed by atoms with E-state index in [0.29, 0.717) is 0 Å². The molecule has 1 unspecified atom stereocenters. The summed E-state index contributed by atoms with van der Waals surface area (Å²) >= 11 is 0. The van der Waals surface area contributed by atoms with Gasteiger partial charge in [0, 0.05) is 0 Å². The SMILES string of the molecule is C[C@H]1OC(=O)C(O)[C@H]1O. The summed E-state index contributed by atoms with van der Waals surface area (Å²) in [5, 5.41) is 17.6. The molecule has 0 radical (unpaired) electrons. The molecule has 9 heavy (non-hydrogen) atoms. The molecule has 1 heterocycles. The van der Waals surface area contributed by atoms with Crippen molar-refractivity contribution < 1.29 is 19.7 Å². The first kappa shape index (κ1) is 6.51.